The van der Waals surface area contributed by atoms with Crippen LogP contribution in [0.4, 0.5) is 11.4 Å². The van der Waals surface area contributed by atoms with Gasteiger partial charge in [-0.3, -0.25) is 4.79 Å². The molecule has 0 atom stereocenters. The van der Waals surface area contributed by atoms with E-state index in [0.29, 0.717) is 16.3 Å². The number of anilines is 2. The fourth-order valence-corrected chi connectivity index (χ4v) is 2.60. The number of nitrogens with zero attached hydrogens (tertiary/aromatic N) is 3. The van der Waals surface area contributed by atoms with Gasteiger partial charge in [-0.2, -0.15) is 5.10 Å². The van der Waals surface area contributed by atoms with Gasteiger partial charge in [0, 0.05) is 36.8 Å². The fraction of sp³-hybridized carbons (Fsp3) is 0.200. The molecule has 5 nitrogen and oxygen atoms in total. The molecular formula is C15H15ClN4O. The van der Waals surface area contributed by atoms with Gasteiger partial charge in [0.05, 0.1) is 22.6 Å². The zero-order valence-electron chi connectivity index (χ0n) is 12.0. The van der Waals surface area contributed by atoms with Gasteiger partial charge in [0.2, 0.25) is 0 Å². The van der Waals surface area contributed by atoms with Crippen molar-refractivity contribution in [2.75, 3.05) is 5.32 Å². The molecule has 3 rings (SSSR count). The van der Waals surface area contributed by atoms with Crippen molar-refractivity contribution in [2.45, 2.75) is 6.92 Å². The van der Waals surface area contributed by atoms with Crippen molar-refractivity contribution in [3.8, 4) is 0 Å². The van der Waals surface area contributed by atoms with Gasteiger partial charge < -0.3 is 9.88 Å². The van der Waals surface area contributed by atoms with E-state index >= 15 is 0 Å². The number of aromatic nitrogens is 3. The SMILES string of the molecule is Cc1c(Nc2ccc3c(ccn3C)c2Cl)cnn(C)c1=O. The van der Waals surface area contributed by atoms with Crippen molar-refractivity contribution < 1.29 is 0 Å². The summed E-state index contributed by atoms with van der Waals surface area (Å²) in [5.41, 5.74) is 2.96. The third-order valence-electron chi connectivity index (χ3n) is 3.65. The number of nitrogens with one attached hydrogen (secondary N) is 1. The molecule has 0 saturated heterocycles. The smallest absolute Gasteiger partial charge is 0.271 e. The second kappa shape index (κ2) is 4.93. The first kappa shape index (κ1) is 13.7. The third-order valence-corrected chi connectivity index (χ3v) is 4.06. The van der Waals surface area contributed by atoms with E-state index in [4.69, 9.17) is 11.6 Å². The molecule has 6 heteroatoms. The number of rotatable bonds is 2. The summed E-state index contributed by atoms with van der Waals surface area (Å²) >= 11 is 6.45. The van der Waals surface area contributed by atoms with E-state index in [1.807, 2.05) is 36.0 Å². The molecule has 0 aliphatic heterocycles. The van der Waals surface area contributed by atoms with E-state index in [1.54, 1.807) is 20.2 Å². The normalized spacial score (nSPS) is 11.0. The number of hydrogen-bond donors (Lipinski definition) is 1. The van der Waals surface area contributed by atoms with Crippen molar-refractivity contribution in [3.05, 3.63) is 51.5 Å². The van der Waals surface area contributed by atoms with Crippen LogP contribution in [0.5, 0.6) is 0 Å². The predicted molar refractivity (Wildman–Crippen MR) is 85.4 cm³/mol. The summed E-state index contributed by atoms with van der Waals surface area (Å²) in [5.74, 6) is 0. The highest BCUT2D eigenvalue weighted by atomic mass is 35.5. The lowest BCUT2D eigenvalue weighted by Gasteiger charge is -2.12. The maximum Gasteiger partial charge on any atom is 0.271 e. The van der Waals surface area contributed by atoms with Crippen LogP contribution in [-0.4, -0.2) is 14.3 Å². The number of benzene rings is 1. The molecule has 0 saturated carbocycles. The van der Waals surface area contributed by atoms with Crippen molar-refractivity contribution in [1.82, 2.24) is 14.3 Å². The summed E-state index contributed by atoms with van der Waals surface area (Å²) in [7, 11) is 3.60. The standard InChI is InChI=1S/C15H15ClN4O/c1-9-12(8-17-20(3)15(9)21)18-11-4-5-13-10(14(11)16)6-7-19(13)2/h4-8,18H,1-3H3. The molecule has 0 aliphatic carbocycles. The van der Waals surface area contributed by atoms with Crippen molar-refractivity contribution in [1.29, 1.82) is 0 Å². The lowest BCUT2D eigenvalue weighted by molar-refractivity contribution is 0.702. The Morgan fingerprint density at radius 1 is 1.19 bits per heavy atom. The summed E-state index contributed by atoms with van der Waals surface area (Å²) in [5, 5.41) is 8.82. The molecule has 2 aromatic heterocycles. The van der Waals surface area contributed by atoms with E-state index in [1.165, 1.54) is 4.68 Å². The molecule has 0 spiro atoms. The topological polar surface area (TPSA) is 51.9 Å². The summed E-state index contributed by atoms with van der Waals surface area (Å²) in [4.78, 5) is 11.9. The van der Waals surface area contributed by atoms with E-state index < -0.39 is 0 Å². The molecule has 0 bridgehead atoms. The molecular weight excluding hydrogens is 288 g/mol. The Morgan fingerprint density at radius 2 is 1.95 bits per heavy atom. The Morgan fingerprint density at radius 3 is 2.71 bits per heavy atom. The minimum Gasteiger partial charge on any atom is -0.353 e. The average Bonchev–Trinajstić information content (AvgIpc) is 2.84. The number of halogens is 1. The van der Waals surface area contributed by atoms with Crippen LogP contribution in [0.3, 0.4) is 0 Å². The Labute approximate surface area is 126 Å². The van der Waals surface area contributed by atoms with E-state index in [-0.39, 0.29) is 5.56 Å². The second-order valence-corrected chi connectivity index (χ2v) is 5.40. The van der Waals surface area contributed by atoms with E-state index in [2.05, 4.69) is 10.4 Å². The Bertz CT molecular complexity index is 895. The molecule has 0 amide bonds. The van der Waals surface area contributed by atoms with Gasteiger partial charge in [-0.25, -0.2) is 4.68 Å². The summed E-state index contributed by atoms with van der Waals surface area (Å²) in [6.45, 7) is 1.77. The van der Waals surface area contributed by atoms with Crippen molar-refractivity contribution in [2.24, 2.45) is 14.1 Å². The zero-order valence-corrected chi connectivity index (χ0v) is 12.8. The van der Waals surface area contributed by atoms with Crippen LogP contribution >= 0.6 is 11.6 Å². The molecule has 1 N–H and O–H groups in total. The highest BCUT2D eigenvalue weighted by molar-refractivity contribution is 6.38. The minimum atomic E-state index is -0.128. The first-order valence-corrected chi connectivity index (χ1v) is 6.90. The Hall–Kier alpha value is -2.27. The molecule has 108 valence electrons. The third kappa shape index (κ3) is 2.19. The van der Waals surface area contributed by atoms with Crippen LogP contribution in [0.2, 0.25) is 5.02 Å². The van der Waals surface area contributed by atoms with Crippen molar-refractivity contribution in [3.63, 3.8) is 0 Å². The van der Waals surface area contributed by atoms with Gasteiger partial charge >= 0.3 is 0 Å². The Kier molecular flexibility index (Phi) is 3.22. The van der Waals surface area contributed by atoms with Crippen LogP contribution in [0.25, 0.3) is 10.9 Å². The average molecular weight is 303 g/mol. The number of aryl methyl sites for hydroxylation is 2. The Balaban J connectivity index is 2.08. The largest absolute Gasteiger partial charge is 0.353 e. The molecule has 0 fully saturated rings. The molecule has 0 radical (unpaired) electrons. The molecule has 21 heavy (non-hydrogen) atoms. The van der Waals surface area contributed by atoms with Gasteiger partial charge in [0.15, 0.2) is 0 Å². The zero-order chi connectivity index (χ0) is 15.1. The van der Waals surface area contributed by atoms with Crippen LogP contribution in [0.1, 0.15) is 5.56 Å². The maximum atomic E-state index is 11.9. The molecule has 3 aromatic rings. The van der Waals surface area contributed by atoms with E-state index in [9.17, 15) is 4.79 Å². The summed E-state index contributed by atoms with van der Waals surface area (Å²) in [6, 6.07) is 5.87. The maximum absolute atomic E-state index is 11.9. The summed E-state index contributed by atoms with van der Waals surface area (Å²) in [6.07, 6.45) is 3.59. The molecule has 1 aromatic carbocycles. The monoisotopic (exact) mass is 302 g/mol. The van der Waals surface area contributed by atoms with Crippen LogP contribution < -0.4 is 10.9 Å². The summed E-state index contributed by atoms with van der Waals surface area (Å²) < 4.78 is 3.32. The van der Waals surface area contributed by atoms with Gasteiger partial charge in [0.25, 0.3) is 5.56 Å². The van der Waals surface area contributed by atoms with Gasteiger partial charge in [-0.1, -0.05) is 11.6 Å². The second-order valence-electron chi connectivity index (χ2n) is 5.02. The first-order valence-electron chi connectivity index (χ1n) is 6.52. The first-order chi connectivity index (χ1) is 9.99. The van der Waals surface area contributed by atoms with Crippen LogP contribution in [0.15, 0.2) is 35.4 Å². The van der Waals surface area contributed by atoms with Crippen LogP contribution in [-0.2, 0) is 14.1 Å². The van der Waals surface area contributed by atoms with Gasteiger partial charge in [-0.15, -0.1) is 0 Å². The van der Waals surface area contributed by atoms with Gasteiger partial charge in [-0.05, 0) is 25.1 Å². The molecule has 0 unspecified atom stereocenters. The number of fused-ring (bicyclic) bond motifs is 1. The predicted octanol–water partition coefficient (Wildman–Crippen LogP) is 2.98. The van der Waals surface area contributed by atoms with E-state index in [0.717, 1.165) is 16.6 Å². The quantitative estimate of drug-likeness (QED) is 0.792. The minimum absolute atomic E-state index is 0.128. The highest BCUT2D eigenvalue weighted by Crippen LogP contribution is 2.33. The number of hydrogen-bond acceptors (Lipinski definition) is 3. The fourth-order valence-electron chi connectivity index (χ4n) is 2.33. The lowest BCUT2D eigenvalue weighted by Crippen LogP contribution is -2.22. The highest BCUT2D eigenvalue weighted by Gasteiger charge is 2.11. The molecule has 0 aliphatic rings. The van der Waals surface area contributed by atoms with Crippen LogP contribution in [0, 0.1) is 6.92 Å². The molecule has 2 heterocycles. The lowest BCUT2D eigenvalue weighted by atomic mass is 10.2. The van der Waals surface area contributed by atoms with Gasteiger partial charge in [0.1, 0.15) is 0 Å². The van der Waals surface area contributed by atoms with Crippen molar-refractivity contribution >= 4 is 33.9 Å².